The van der Waals surface area contributed by atoms with E-state index in [1.54, 1.807) is 22.8 Å². The van der Waals surface area contributed by atoms with Crippen molar-refractivity contribution in [2.45, 2.75) is 11.8 Å². The van der Waals surface area contributed by atoms with E-state index in [0.717, 1.165) is 0 Å². The number of halogens is 1. The molecule has 0 atom stereocenters. The fourth-order valence-corrected chi connectivity index (χ4v) is 3.96. The fourth-order valence-electron chi connectivity index (χ4n) is 2.96. The second-order valence-corrected chi connectivity index (χ2v) is 7.86. The zero-order valence-corrected chi connectivity index (χ0v) is 17.6. The summed E-state index contributed by atoms with van der Waals surface area (Å²) in [6, 6.07) is 14.4. The Labute approximate surface area is 182 Å². The summed E-state index contributed by atoms with van der Waals surface area (Å²) in [6.07, 6.45) is 0. The maximum atomic E-state index is 12.8. The topological polar surface area (TPSA) is 89.3 Å². The molecule has 2 aromatic carbocycles. The number of anilines is 2. The number of para-hydroxylation sites is 3. The maximum Gasteiger partial charge on any atom is 0.244 e. The van der Waals surface area contributed by atoms with Crippen molar-refractivity contribution >= 4 is 46.6 Å². The Morgan fingerprint density at radius 3 is 2.80 bits per heavy atom. The van der Waals surface area contributed by atoms with Crippen LogP contribution in [0.15, 0.2) is 53.7 Å². The van der Waals surface area contributed by atoms with E-state index in [1.165, 1.54) is 16.7 Å². The number of nitrogens with one attached hydrogen (secondary N) is 1. The number of carbonyl (C=O) groups is 2. The van der Waals surface area contributed by atoms with Crippen LogP contribution in [0.5, 0.6) is 5.75 Å². The van der Waals surface area contributed by atoms with Crippen LogP contribution < -0.4 is 15.0 Å². The molecule has 1 aliphatic rings. The van der Waals surface area contributed by atoms with Gasteiger partial charge in [0.25, 0.3) is 0 Å². The number of fused-ring (bicyclic) bond motifs is 1. The highest BCUT2D eigenvalue weighted by Gasteiger charge is 2.27. The van der Waals surface area contributed by atoms with Gasteiger partial charge in [-0.25, -0.2) is 0 Å². The molecule has 1 aromatic heterocycles. The molecule has 0 saturated carbocycles. The average molecular weight is 444 g/mol. The van der Waals surface area contributed by atoms with E-state index in [0.29, 0.717) is 33.1 Å². The second kappa shape index (κ2) is 8.76. The van der Waals surface area contributed by atoms with E-state index >= 15 is 0 Å². The molecule has 0 aliphatic carbocycles. The molecule has 3 aromatic rings. The molecule has 8 nitrogen and oxygen atoms in total. The van der Waals surface area contributed by atoms with Gasteiger partial charge in [0.15, 0.2) is 11.0 Å². The van der Waals surface area contributed by atoms with Gasteiger partial charge >= 0.3 is 0 Å². The Morgan fingerprint density at radius 2 is 1.97 bits per heavy atom. The third-order valence-electron chi connectivity index (χ3n) is 4.51. The predicted molar refractivity (Wildman–Crippen MR) is 115 cm³/mol. The molecule has 2 amide bonds. The number of nitrogens with zero attached hydrogens (tertiary/aromatic N) is 4. The number of hydrogen-bond acceptors (Lipinski definition) is 6. The van der Waals surface area contributed by atoms with Crippen molar-refractivity contribution in [3.05, 3.63) is 59.4 Å². The molecule has 154 valence electrons. The molecule has 0 spiro atoms. The summed E-state index contributed by atoms with van der Waals surface area (Å²) in [5, 5.41) is 12.1. The van der Waals surface area contributed by atoms with Crippen LogP contribution in [0.2, 0.25) is 5.02 Å². The summed E-state index contributed by atoms with van der Waals surface area (Å²) in [5.74, 6) is 0.893. The normalized spacial score (nSPS) is 13.0. The lowest BCUT2D eigenvalue weighted by Gasteiger charge is -2.28. The summed E-state index contributed by atoms with van der Waals surface area (Å²) >= 11 is 7.35. The lowest BCUT2D eigenvalue weighted by Crippen LogP contribution is -2.43. The average Bonchev–Trinajstić information content (AvgIpc) is 3.10. The van der Waals surface area contributed by atoms with E-state index in [2.05, 4.69) is 15.5 Å². The summed E-state index contributed by atoms with van der Waals surface area (Å²) in [6.45, 7) is 0.188. The summed E-state index contributed by atoms with van der Waals surface area (Å²) in [4.78, 5) is 26.2. The quantitative estimate of drug-likeness (QED) is 0.589. The van der Waals surface area contributed by atoms with Crippen molar-refractivity contribution in [2.75, 3.05) is 22.5 Å². The summed E-state index contributed by atoms with van der Waals surface area (Å²) in [7, 11) is 1.81. The van der Waals surface area contributed by atoms with Crippen molar-refractivity contribution in [3.63, 3.8) is 0 Å². The molecule has 30 heavy (non-hydrogen) atoms. The molecular formula is C20H18ClN5O3S. The Kier molecular flexibility index (Phi) is 5.91. The van der Waals surface area contributed by atoms with Crippen LogP contribution in [0.1, 0.15) is 5.82 Å². The fraction of sp³-hybridized carbons (Fsp3) is 0.200. The Hall–Kier alpha value is -3.04. The minimum absolute atomic E-state index is 0.00779. The smallest absolute Gasteiger partial charge is 0.244 e. The van der Waals surface area contributed by atoms with Gasteiger partial charge in [-0.1, -0.05) is 47.6 Å². The SMILES string of the molecule is Cn1c(COc2ccccc2Cl)nnc1SCC(=O)N1CC(=O)Nc2ccccc21. The number of amides is 2. The van der Waals surface area contributed by atoms with E-state index in [1.807, 2.05) is 37.4 Å². The summed E-state index contributed by atoms with van der Waals surface area (Å²) in [5.41, 5.74) is 1.32. The monoisotopic (exact) mass is 443 g/mol. The van der Waals surface area contributed by atoms with E-state index in [-0.39, 0.29) is 30.7 Å². The van der Waals surface area contributed by atoms with Gasteiger partial charge in [0.05, 0.1) is 22.2 Å². The lowest BCUT2D eigenvalue weighted by atomic mass is 10.2. The zero-order valence-electron chi connectivity index (χ0n) is 16.0. The second-order valence-electron chi connectivity index (χ2n) is 6.51. The molecule has 10 heteroatoms. The molecule has 1 aliphatic heterocycles. The zero-order chi connectivity index (χ0) is 21.1. The van der Waals surface area contributed by atoms with E-state index in [4.69, 9.17) is 16.3 Å². The number of benzene rings is 2. The standard InChI is InChI=1S/C20H18ClN5O3S/c1-25-17(11-29-16-9-5-2-6-13(16)21)23-24-20(25)30-12-19(28)26-10-18(27)22-14-7-3-4-8-15(14)26/h2-9H,10-12H2,1H3,(H,22,27). The van der Waals surface area contributed by atoms with Crippen LogP contribution in [-0.4, -0.2) is 38.9 Å². The summed E-state index contributed by atoms with van der Waals surface area (Å²) < 4.78 is 7.47. The van der Waals surface area contributed by atoms with Gasteiger partial charge in [0.1, 0.15) is 18.9 Å². The number of rotatable bonds is 6. The third kappa shape index (κ3) is 4.27. The maximum absolute atomic E-state index is 12.8. The predicted octanol–water partition coefficient (Wildman–Crippen LogP) is 3.12. The molecule has 0 radical (unpaired) electrons. The van der Waals surface area contributed by atoms with Gasteiger partial charge in [-0.15, -0.1) is 10.2 Å². The number of ether oxygens (including phenoxy) is 1. The van der Waals surface area contributed by atoms with Gasteiger partial charge in [0.2, 0.25) is 11.8 Å². The van der Waals surface area contributed by atoms with Gasteiger partial charge in [-0.3, -0.25) is 9.59 Å². The minimum Gasteiger partial charge on any atom is -0.484 e. The van der Waals surface area contributed by atoms with Gasteiger partial charge in [0, 0.05) is 7.05 Å². The van der Waals surface area contributed by atoms with Crippen LogP contribution in [0.25, 0.3) is 0 Å². The van der Waals surface area contributed by atoms with Crippen molar-refractivity contribution in [1.29, 1.82) is 0 Å². The highest BCUT2D eigenvalue weighted by atomic mass is 35.5. The van der Waals surface area contributed by atoms with E-state index < -0.39 is 0 Å². The molecule has 0 fully saturated rings. The number of carbonyl (C=O) groups excluding carboxylic acids is 2. The Balaban J connectivity index is 1.39. The first-order valence-electron chi connectivity index (χ1n) is 9.10. The first kappa shape index (κ1) is 20.2. The first-order valence-corrected chi connectivity index (χ1v) is 10.5. The van der Waals surface area contributed by atoms with Crippen LogP contribution in [0.3, 0.4) is 0 Å². The van der Waals surface area contributed by atoms with Crippen LogP contribution >= 0.6 is 23.4 Å². The van der Waals surface area contributed by atoms with Crippen molar-refractivity contribution < 1.29 is 14.3 Å². The number of thioether (sulfide) groups is 1. The minimum atomic E-state index is -0.218. The first-order chi connectivity index (χ1) is 14.5. The molecule has 2 heterocycles. The molecule has 4 rings (SSSR count). The van der Waals surface area contributed by atoms with Crippen LogP contribution in [-0.2, 0) is 23.2 Å². The Morgan fingerprint density at radius 1 is 1.20 bits per heavy atom. The Bertz CT molecular complexity index is 1100. The highest BCUT2D eigenvalue weighted by Crippen LogP contribution is 2.30. The molecule has 0 unspecified atom stereocenters. The largest absolute Gasteiger partial charge is 0.484 e. The molecule has 1 N–H and O–H groups in total. The van der Waals surface area contributed by atoms with Crippen LogP contribution in [0.4, 0.5) is 11.4 Å². The van der Waals surface area contributed by atoms with Gasteiger partial charge < -0.3 is 19.5 Å². The number of hydrogen-bond donors (Lipinski definition) is 1. The molecular weight excluding hydrogens is 426 g/mol. The lowest BCUT2D eigenvalue weighted by molar-refractivity contribution is -0.120. The van der Waals surface area contributed by atoms with Crippen molar-refractivity contribution in [3.8, 4) is 5.75 Å². The van der Waals surface area contributed by atoms with Gasteiger partial charge in [-0.2, -0.15) is 0 Å². The third-order valence-corrected chi connectivity index (χ3v) is 5.83. The molecule has 0 bridgehead atoms. The molecule has 0 saturated heterocycles. The van der Waals surface area contributed by atoms with E-state index in [9.17, 15) is 9.59 Å². The van der Waals surface area contributed by atoms with Crippen molar-refractivity contribution in [2.24, 2.45) is 7.05 Å². The van der Waals surface area contributed by atoms with Gasteiger partial charge in [-0.05, 0) is 24.3 Å². The van der Waals surface area contributed by atoms with Crippen molar-refractivity contribution in [1.82, 2.24) is 14.8 Å². The highest BCUT2D eigenvalue weighted by molar-refractivity contribution is 7.99. The van der Waals surface area contributed by atoms with Crippen LogP contribution in [0, 0.1) is 0 Å². The number of aromatic nitrogens is 3.